The van der Waals surface area contributed by atoms with Gasteiger partial charge in [-0.3, -0.25) is 9.78 Å². The van der Waals surface area contributed by atoms with Gasteiger partial charge in [-0.1, -0.05) is 24.3 Å². The molecule has 2 atom stereocenters. The van der Waals surface area contributed by atoms with Crippen molar-refractivity contribution in [3.05, 3.63) is 102 Å². The number of amides is 1. The van der Waals surface area contributed by atoms with Crippen molar-refractivity contribution < 1.29 is 14.3 Å². The standard InChI is InChI=1S/C29H27N5O3S/c1-18-14-22(19(2)34(18)21-11-12-24-25(15-21)37-17-36-24)28-27(23-10-6-7-13-30-23)32-29(38)33(28)16-26(35)31-20-8-4-3-5-9-20/h3-15,27-28H,16-17H2,1-2H3,(H,31,35)(H,32,38)/t27-,28+/m0/s1. The average molecular weight is 526 g/mol. The average Bonchev–Trinajstić information content (AvgIpc) is 3.60. The zero-order chi connectivity index (χ0) is 26.2. The third kappa shape index (κ3) is 4.35. The second-order valence-electron chi connectivity index (χ2n) is 9.37. The number of benzene rings is 2. The van der Waals surface area contributed by atoms with Crippen LogP contribution in [-0.4, -0.2) is 38.8 Å². The van der Waals surface area contributed by atoms with Crippen LogP contribution in [-0.2, 0) is 4.79 Å². The van der Waals surface area contributed by atoms with E-state index in [0.717, 1.165) is 45.5 Å². The first-order valence-corrected chi connectivity index (χ1v) is 12.8. The zero-order valence-corrected chi connectivity index (χ0v) is 21.9. The van der Waals surface area contributed by atoms with Crippen molar-refractivity contribution in [3.8, 4) is 17.2 Å². The lowest BCUT2D eigenvalue weighted by molar-refractivity contribution is -0.116. The molecule has 1 fully saturated rings. The van der Waals surface area contributed by atoms with Gasteiger partial charge in [0.1, 0.15) is 6.54 Å². The summed E-state index contributed by atoms with van der Waals surface area (Å²) >= 11 is 5.78. The molecule has 0 spiro atoms. The third-order valence-electron chi connectivity index (χ3n) is 6.97. The van der Waals surface area contributed by atoms with E-state index in [1.54, 1.807) is 6.20 Å². The van der Waals surface area contributed by atoms with E-state index in [1.165, 1.54) is 0 Å². The molecule has 2 aromatic carbocycles. The second kappa shape index (κ2) is 9.83. The van der Waals surface area contributed by atoms with Gasteiger partial charge in [-0.25, -0.2) is 0 Å². The first-order chi connectivity index (χ1) is 18.5. The molecule has 0 radical (unpaired) electrons. The topological polar surface area (TPSA) is 80.7 Å². The van der Waals surface area contributed by atoms with Gasteiger partial charge in [0.2, 0.25) is 12.7 Å². The molecule has 192 valence electrons. The van der Waals surface area contributed by atoms with Crippen LogP contribution in [0.2, 0.25) is 0 Å². The van der Waals surface area contributed by atoms with Gasteiger partial charge in [-0.2, -0.15) is 0 Å². The van der Waals surface area contributed by atoms with Crippen LogP contribution in [0.5, 0.6) is 11.5 Å². The van der Waals surface area contributed by atoms with Gasteiger partial charge in [0, 0.05) is 35.0 Å². The summed E-state index contributed by atoms with van der Waals surface area (Å²) in [5, 5.41) is 6.93. The minimum Gasteiger partial charge on any atom is -0.454 e. The van der Waals surface area contributed by atoms with Gasteiger partial charge >= 0.3 is 0 Å². The number of nitrogens with one attached hydrogen (secondary N) is 2. The Bertz CT molecular complexity index is 1510. The van der Waals surface area contributed by atoms with Crippen LogP contribution < -0.4 is 20.1 Å². The van der Waals surface area contributed by atoms with Crippen LogP contribution in [0.25, 0.3) is 5.69 Å². The van der Waals surface area contributed by atoms with E-state index in [0.29, 0.717) is 5.11 Å². The number of para-hydroxylation sites is 1. The molecular weight excluding hydrogens is 498 g/mol. The number of ether oxygens (including phenoxy) is 2. The van der Waals surface area contributed by atoms with Crippen LogP contribution in [0.1, 0.15) is 34.7 Å². The SMILES string of the molecule is Cc1cc([C@@H]2[C@H](c3ccccn3)NC(=S)N2CC(=O)Nc2ccccc2)c(C)n1-c1ccc2c(c1)OCO2. The Morgan fingerprint density at radius 3 is 2.63 bits per heavy atom. The molecule has 2 aliphatic heterocycles. The number of anilines is 1. The van der Waals surface area contributed by atoms with Crippen LogP contribution in [0.15, 0.2) is 79.0 Å². The molecule has 1 saturated heterocycles. The molecule has 4 heterocycles. The Morgan fingerprint density at radius 2 is 1.84 bits per heavy atom. The maximum Gasteiger partial charge on any atom is 0.244 e. The van der Waals surface area contributed by atoms with Crippen molar-refractivity contribution in [3.63, 3.8) is 0 Å². The third-order valence-corrected chi connectivity index (χ3v) is 7.32. The second-order valence-corrected chi connectivity index (χ2v) is 9.75. The lowest BCUT2D eigenvalue weighted by atomic mass is 9.96. The predicted molar refractivity (Wildman–Crippen MR) is 149 cm³/mol. The summed E-state index contributed by atoms with van der Waals surface area (Å²) in [7, 11) is 0. The van der Waals surface area contributed by atoms with Gasteiger partial charge in [-0.15, -0.1) is 0 Å². The van der Waals surface area contributed by atoms with Crippen molar-refractivity contribution in [2.45, 2.75) is 25.9 Å². The Labute approximate surface area is 226 Å². The fraction of sp³-hybridized carbons (Fsp3) is 0.207. The Hall–Kier alpha value is -4.37. The number of aryl methyl sites for hydroxylation is 1. The summed E-state index contributed by atoms with van der Waals surface area (Å²) in [6.07, 6.45) is 1.78. The highest BCUT2D eigenvalue weighted by Crippen LogP contribution is 2.42. The van der Waals surface area contributed by atoms with E-state index >= 15 is 0 Å². The van der Waals surface area contributed by atoms with Crippen molar-refractivity contribution in [1.29, 1.82) is 0 Å². The maximum absolute atomic E-state index is 13.1. The van der Waals surface area contributed by atoms with E-state index in [9.17, 15) is 4.79 Å². The number of hydrogen-bond acceptors (Lipinski definition) is 5. The minimum absolute atomic E-state index is 0.0996. The number of thiocarbonyl (C=S) groups is 1. The number of rotatable bonds is 6. The molecule has 2 N–H and O–H groups in total. The number of pyridine rings is 1. The van der Waals surface area contributed by atoms with Crippen molar-refractivity contribution in [2.75, 3.05) is 18.7 Å². The lowest BCUT2D eigenvalue weighted by Gasteiger charge is -2.27. The van der Waals surface area contributed by atoms with Crippen LogP contribution in [0.3, 0.4) is 0 Å². The number of nitrogens with zero attached hydrogens (tertiary/aromatic N) is 3. The molecular formula is C29H27N5O3S. The first-order valence-electron chi connectivity index (χ1n) is 12.4. The number of carbonyl (C=O) groups excluding carboxylic acids is 1. The van der Waals surface area contributed by atoms with Crippen molar-refractivity contribution >= 4 is 28.9 Å². The molecule has 2 aromatic heterocycles. The fourth-order valence-electron chi connectivity index (χ4n) is 5.30. The van der Waals surface area contributed by atoms with Crippen LogP contribution in [0.4, 0.5) is 5.69 Å². The highest BCUT2D eigenvalue weighted by Gasteiger charge is 2.42. The lowest BCUT2D eigenvalue weighted by Crippen LogP contribution is -2.37. The Morgan fingerprint density at radius 1 is 1.05 bits per heavy atom. The predicted octanol–water partition coefficient (Wildman–Crippen LogP) is 4.83. The van der Waals surface area contributed by atoms with Gasteiger partial charge in [0.25, 0.3) is 0 Å². The molecule has 8 nitrogen and oxygen atoms in total. The minimum atomic E-state index is -0.243. The first kappa shape index (κ1) is 24.0. The molecule has 1 amide bonds. The molecule has 0 unspecified atom stereocenters. The van der Waals surface area contributed by atoms with E-state index in [4.69, 9.17) is 21.7 Å². The molecule has 6 rings (SSSR count). The van der Waals surface area contributed by atoms with Gasteiger partial charge in [-0.05, 0) is 74.1 Å². The molecule has 9 heteroatoms. The van der Waals surface area contributed by atoms with Crippen molar-refractivity contribution in [2.24, 2.45) is 0 Å². The Kier molecular flexibility index (Phi) is 6.21. The largest absolute Gasteiger partial charge is 0.454 e. The van der Waals surface area contributed by atoms with Gasteiger partial charge < -0.3 is 29.6 Å². The summed E-state index contributed by atoms with van der Waals surface area (Å²) in [5.74, 6) is 1.33. The van der Waals surface area contributed by atoms with Crippen LogP contribution >= 0.6 is 12.2 Å². The van der Waals surface area contributed by atoms with E-state index in [1.807, 2.05) is 71.6 Å². The maximum atomic E-state index is 13.1. The Balaban J connectivity index is 1.38. The normalized spacial score (nSPS) is 17.9. The quantitative estimate of drug-likeness (QED) is 0.349. The smallest absolute Gasteiger partial charge is 0.244 e. The van der Waals surface area contributed by atoms with Crippen molar-refractivity contribution in [1.82, 2.24) is 19.8 Å². The molecule has 2 aliphatic rings. The monoisotopic (exact) mass is 525 g/mol. The summed E-state index contributed by atoms with van der Waals surface area (Å²) in [6, 6.07) is 22.9. The summed E-state index contributed by atoms with van der Waals surface area (Å²) < 4.78 is 13.3. The fourth-order valence-corrected chi connectivity index (χ4v) is 5.60. The molecule has 0 saturated carbocycles. The molecule has 4 aromatic rings. The highest BCUT2D eigenvalue weighted by atomic mass is 32.1. The van der Waals surface area contributed by atoms with Gasteiger partial charge in [0.15, 0.2) is 16.6 Å². The van der Waals surface area contributed by atoms with E-state index in [-0.39, 0.29) is 31.3 Å². The summed E-state index contributed by atoms with van der Waals surface area (Å²) in [5.41, 5.74) is 5.76. The zero-order valence-electron chi connectivity index (χ0n) is 21.0. The molecule has 0 bridgehead atoms. The molecule has 38 heavy (non-hydrogen) atoms. The summed E-state index contributed by atoms with van der Waals surface area (Å²) in [4.78, 5) is 19.7. The molecule has 0 aliphatic carbocycles. The van der Waals surface area contributed by atoms with E-state index in [2.05, 4.69) is 40.1 Å². The highest BCUT2D eigenvalue weighted by molar-refractivity contribution is 7.80. The summed E-state index contributed by atoms with van der Waals surface area (Å²) in [6.45, 7) is 4.49. The van der Waals surface area contributed by atoms with E-state index < -0.39 is 0 Å². The number of carbonyl (C=O) groups is 1. The van der Waals surface area contributed by atoms with Crippen LogP contribution in [0, 0.1) is 13.8 Å². The van der Waals surface area contributed by atoms with Gasteiger partial charge in [0.05, 0.1) is 17.8 Å². The number of aromatic nitrogens is 2. The number of fused-ring (bicyclic) bond motifs is 1. The number of hydrogen-bond donors (Lipinski definition) is 2.